The molecule has 0 radical (unpaired) electrons. The standard InChI is InChI=1S/C12H17N5O2S/c1-8-10(6-16(2)14-8)11-5-12(13)17(15-11)9-3-4-20(18,19)7-9/h5-6,9H,3-4,7,13H2,1-2H3. The number of hydrogen-bond acceptors (Lipinski definition) is 5. The first kappa shape index (κ1) is 13.2. The van der Waals surface area contributed by atoms with Crippen molar-refractivity contribution in [1.82, 2.24) is 19.6 Å². The lowest BCUT2D eigenvalue weighted by atomic mass is 10.2. The molecule has 1 saturated heterocycles. The van der Waals surface area contributed by atoms with E-state index in [1.54, 1.807) is 15.4 Å². The van der Waals surface area contributed by atoms with Gasteiger partial charge in [-0.2, -0.15) is 10.2 Å². The summed E-state index contributed by atoms with van der Waals surface area (Å²) in [5, 5.41) is 8.75. The number of nitrogen functional groups attached to an aromatic ring is 1. The summed E-state index contributed by atoms with van der Waals surface area (Å²) in [6.07, 6.45) is 2.45. The summed E-state index contributed by atoms with van der Waals surface area (Å²) < 4.78 is 26.5. The Hall–Kier alpha value is -1.83. The molecule has 2 aromatic heterocycles. The van der Waals surface area contributed by atoms with E-state index in [1.807, 2.05) is 20.2 Å². The quantitative estimate of drug-likeness (QED) is 0.872. The van der Waals surface area contributed by atoms with Crippen LogP contribution in [0.4, 0.5) is 5.82 Å². The Morgan fingerprint density at radius 2 is 2.15 bits per heavy atom. The summed E-state index contributed by atoms with van der Waals surface area (Å²) in [5.74, 6) is 0.813. The molecule has 1 aliphatic rings. The highest BCUT2D eigenvalue weighted by Crippen LogP contribution is 2.29. The minimum absolute atomic E-state index is 0.115. The second-order valence-electron chi connectivity index (χ2n) is 5.26. The van der Waals surface area contributed by atoms with Gasteiger partial charge < -0.3 is 5.73 Å². The van der Waals surface area contributed by atoms with Gasteiger partial charge in [-0.1, -0.05) is 0 Å². The molecule has 20 heavy (non-hydrogen) atoms. The minimum Gasteiger partial charge on any atom is -0.384 e. The molecule has 1 aliphatic heterocycles. The third-order valence-electron chi connectivity index (χ3n) is 3.61. The first-order valence-corrected chi connectivity index (χ1v) is 8.24. The van der Waals surface area contributed by atoms with Gasteiger partial charge in [-0.25, -0.2) is 13.1 Å². The van der Waals surface area contributed by atoms with Crippen molar-refractivity contribution in [3.8, 4) is 11.3 Å². The number of anilines is 1. The summed E-state index contributed by atoms with van der Waals surface area (Å²) in [4.78, 5) is 0. The van der Waals surface area contributed by atoms with Crippen LogP contribution in [0.3, 0.4) is 0 Å². The Labute approximate surface area is 117 Å². The van der Waals surface area contributed by atoms with Gasteiger partial charge in [-0.3, -0.25) is 4.68 Å². The van der Waals surface area contributed by atoms with E-state index in [-0.39, 0.29) is 17.5 Å². The van der Waals surface area contributed by atoms with Crippen LogP contribution in [0.1, 0.15) is 18.2 Å². The Bertz CT molecular complexity index is 759. The van der Waals surface area contributed by atoms with Crippen molar-refractivity contribution < 1.29 is 8.42 Å². The van der Waals surface area contributed by atoms with Crippen LogP contribution in [0.2, 0.25) is 0 Å². The van der Waals surface area contributed by atoms with Crippen LogP contribution >= 0.6 is 0 Å². The summed E-state index contributed by atoms with van der Waals surface area (Å²) in [5.41, 5.74) is 8.50. The fourth-order valence-electron chi connectivity index (χ4n) is 2.65. The normalized spacial score (nSPS) is 21.4. The summed E-state index contributed by atoms with van der Waals surface area (Å²) >= 11 is 0. The first-order valence-electron chi connectivity index (χ1n) is 6.42. The fraction of sp³-hybridized carbons (Fsp3) is 0.500. The Morgan fingerprint density at radius 3 is 2.70 bits per heavy atom. The molecule has 2 aromatic rings. The summed E-state index contributed by atoms with van der Waals surface area (Å²) in [7, 11) is -1.11. The SMILES string of the molecule is Cc1nn(C)cc1-c1cc(N)n(C2CCS(=O)(=O)C2)n1. The van der Waals surface area contributed by atoms with Crippen LogP contribution in [0.15, 0.2) is 12.3 Å². The van der Waals surface area contributed by atoms with Gasteiger partial charge in [-0.05, 0) is 13.3 Å². The van der Waals surface area contributed by atoms with Crippen molar-refractivity contribution in [2.45, 2.75) is 19.4 Å². The van der Waals surface area contributed by atoms with Crippen LogP contribution in [-0.2, 0) is 16.9 Å². The largest absolute Gasteiger partial charge is 0.384 e. The number of nitrogens with zero attached hydrogens (tertiary/aromatic N) is 4. The van der Waals surface area contributed by atoms with Gasteiger partial charge in [0.25, 0.3) is 0 Å². The molecule has 2 N–H and O–H groups in total. The molecule has 1 fully saturated rings. The van der Waals surface area contributed by atoms with Crippen molar-refractivity contribution in [2.75, 3.05) is 17.2 Å². The van der Waals surface area contributed by atoms with E-state index in [4.69, 9.17) is 5.73 Å². The third kappa shape index (κ3) is 2.20. The zero-order chi connectivity index (χ0) is 14.5. The van der Waals surface area contributed by atoms with Crippen molar-refractivity contribution in [2.24, 2.45) is 7.05 Å². The van der Waals surface area contributed by atoms with Crippen molar-refractivity contribution in [3.63, 3.8) is 0 Å². The van der Waals surface area contributed by atoms with Gasteiger partial charge in [0.05, 0.1) is 28.9 Å². The maximum Gasteiger partial charge on any atom is 0.152 e. The van der Waals surface area contributed by atoms with Crippen LogP contribution in [-0.4, -0.2) is 39.5 Å². The van der Waals surface area contributed by atoms with Crippen molar-refractivity contribution in [1.29, 1.82) is 0 Å². The van der Waals surface area contributed by atoms with Gasteiger partial charge in [0.2, 0.25) is 0 Å². The monoisotopic (exact) mass is 295 g/mol. The molecule has 8 heteroatoms. The predicted molar refractivity (Wildman–Crippen MR) is 75.9 cm³/mol. The zero-order valence-corrected chi connectivity index (χ0v) is 12.3. The number of rotatable bonds is 2. The highest BCUT2D eigenvalue weighted by molar-refractivity contribution is 7.91. The van der Waals surface area contributed by atoms with E-state index in [2.05, 4.69) is 10.2 Å². The highest BCUT2D eigenvalue weighted by Gasteiger charge is 2.31. The van der Waals surface area contributed by atoms with Crippen molar-refractivity contribution >= 4 is 15.7 Å². The topological polar surface area (TPSA) is 95.8 Å². The fourth-order valence-corrected chi connectivity index (χ4v) is 4.34. The maximum atomic E-state index is 11.6. The Kier molecular flexibility index (Phi) is 2.86. The van der Waals surface area contributed by atoms with E-state index >= 15 is 0 Å². The van der Waals surface area contributed by atoms with Crippen LogP contribution in [0, 0.1) is 6.92 Å². The van der Waals surface area contributed by atoms with Gasteiger partial charge in [-0.15, -0.1) is 0 Å². The van der Waals surface area contributed by atoms with Crippen molar-refractivity contribution in [3.05, 3.63) is 18.0 Å². The highest BCUT2D eigenvalue weighted by atomic mass is 32.2. The molecule has 0 spiro atoms. The Balaban J connectivity index is 1.98. The number of sulfone groups is 1. The van der Waals surface area contributed by atoms with E-state index in [1.165, 1.54) is 0 Å². The second-order valence-corrected chi connectivity index (χ2v) is 7.49. The molecule has 1 unspecified atom stereocenters. The number of aryl methyl sites for hydroxylation is 2. The average molecular weight is 295 g/mol. The molecular formula is C12H17N5O2S. The summed E-state index contributed by atoms with van der Waals surface area (Å²) in [6.45, 7) is 1.91. The van der Waals surface area contributed by atoms with Gasteiger partial charge >= 0.3 is 0 Å². The van der Waals surface area contributed by atoms with Gasteiger partial charge in [0, 0.05) is 24.9 Å². The molecule has 3 heterocycles. The lowest BCUT2D eigenvalue weighted by Gasteiger charge is -2.09. The molecule has 7 nitrogen and oxygen atoms in total. The second kappa shape index (κ2) is 4.34. The number of aromatic nitrogens is 4. The lowest BCUT2D eigenvalue weighted by Crippen LogP contribution is -2.14. The first-order chi connectivity index (χ1) is 9.35. The molecule has 0 amide bonds. The Morgan fingerprint density at radius 1 is 1.40 bits per heavy atom. The van der Waals surface area contributed by atoms with E-state index in [0.29, 0.717) is 12.2 Å². The molecule has 0 saturated carbocycles. The van der Waals surface area contributed by atoms with E-state index in [0.717, 1.165) is 17.0 Å². The lowest BCUT2D eigenvalue weighted by molar-refractivity contribution is 0.508. The molecular weight excluding hydrogens is 278 g/mol. The van der Waals surface area contributed by atoms with E-state index < -0.39 is 9.84 Å². The molecule has 108 valence electrons. The predicted octanol–water partition coefficient (Wildman–Crippen LogP) is 0.534. The van der Waals surface area contributed by atoms with Crippen LogP contribution in [0.25, 0.3) is 11.3 Å². The smallest absolute Gasteiger partial charge is 0.152 e. The summed E-state index contributed by atoms with van der Waals surface area (Å²) in [6, 6.07) is 1.61. The van der Waals surface area contributed by atoms with Gasteiger partial charge in [0.15, 0.2) is 9.84 Å². The maximum absolute atomic E-state index is 11.6. The van der Waals surface area contributed by atoms with Gasteiger partial charge in [0.1, 0.15) is 5.82 Å². The molecule has 0 aliphatic carbocycles. The molecule has 1 atom stereocenters. The van der Waals surface area contributed by atoms with Crippen LogP contribution in [0.5, 0.6) is 0 Å². The minimum atomic E-state index is -2.95. The number of hydrogen-bond donors (Lipinski definition) is 1. The molecule has 0 bridgehead atoms. The van der Waals surface area contributed by atoms with E-state index in [9.17, 15) is 8.42 Å². The third-order valence-corrected chi connectivity index (χ3v) is 5.36. The zero-order valence-electron chi connectivity index (χ0n) is 11.4. The average Bonchev–Trinajstić information content (AvgIpc) is 2.97. The van der Waals surface area contributed by atoms with Crippen LogP contribution < -0.4 is 5.73 Å². The molecule has 0 aromatic carbocycles. The number of nitrogens with two attached hydrogens (primary N) is 1. The molecule has 3 rings (SSSR count).